The first-order valence-electron chi connectivity index (χ1n) is 4.64. The first-order valence-corrected chi connectivity index (χ1v) is 4.64. The van der Waals surface area contributed by atoms with E-state index < -0.39 is 0 Å². The molecule has 1 amide bonds. The van der Waals surface area contributed by atoms with E-state index >= 15 is 0 Å². The molecule has 0 aromatic heterocycles. The molecule has 1 N–H and O–H groups in total. The van der Waals surface area contributed by atoms with Crippen molar-refractivity contribution in [2.75, 3.05) is 20.2 Å². The molecule has 1 fully saturated rings. The van der Waals surface area contributed by atoms with Crippen LogP contribution in [0.3, 0.4) is 0 Å². The fourth-order valence-electron chi connectivity index (χ4n) is 1.44. The zero-order valence-electron chi connectivity index (χ0n) is 8.19. The van der Waals surface area contributed by atoms with Crippen LogP contribution in [0.5, 0.6) is 0 Å². The van der Waals surface area contributed by atoms with Crippen LogP contribution in [0, 0.1) is 0 Å². The largest absolute Gasteiger partial charge is 0.393 e. The van der Waals surface area contributed by atoms with Gasteiger partial charge in [0.15, 0.2) is 0 Å². The number of piperidine rings is 1. The van der Waals surface area contributed by atoms with Crippen LogP contribution in [-0.2, 0) is 9.53 Å². The third-order valence-corrected chi connectivity index (χ3v) is 2.48. The number of likely N-dealkylation sites (tertiary alicyclic amines) is 1. The maximum absolute atomic E-state index is 11.6. The Labute approximate surface area is 78.5 Å². The molecule has 1 unspecified atom stereocenters. The molecule has 4 heteroatoms. The summed E-state index contributed by atoms with van der Waals surface area (Å²) in [6.45, 7) is 3.04. The van der Waals surface area contributed by atoms with Gasteiger partial charge in [0.05, 0.1) is 6.10 Å². The summed E-state index contributed by atoms with van der Waals surface area (Å²) in [5, 5.41) is 9.24. The summed E-state index contributed by atoms with van der Waals surface area (Å²) < 4.78 is 4.94. The first-order chi connectivity index (χ1) is 6.15. The van der Waals surface area contributed by atoms with Crippen LogP contribution < -0.4 is 0 Å². The third-order valence-electron chi connectivity index (χ3n) is 2.48. The minimum Gasteiger partial charge on any atom is -0.393 e. The van der Waals surface area contributed by atoms with Crippen LogP contribution in [0.1, 0.15) is 19.8 Å². The van der Waals surface area contributed by atoms with Crippen LogP contribution in [0.25, 0.3) is 0 Å². The van der Waals surface area contributed by atoms with Crippen LogP contribution in [0.2, 0.25) is 0 Å². The number of aliphatic hydroxyl groups is 1. The van der Waals surface area contributed by atoms with E-state index in [-0.39, 0.29) is 18.1 Å². The molecule has 1 heterocycles. The highest BCUT2D eigenvalue weighted by Crippen LogP contribution is 2.11. The molecule has 0 aromatic rings. The van der Waals surface area contributed by atoms with E-state index in [9.17, 15) is 9.90 Å². The van der Waals surface area contributed by atoms with Crippen molar-refractivity contribution in [2.24, 2.45) is 0 Å². The van der Waals surface area contributed by atoms with Gasteiger partial charge in [-0.05, 0) is 19.8 Å². The fourth-order valence-corrected chi connectivity index (χ4v) is 1.44. The van der Waals surface area contributed by atoms with Crippen molar-refractivity contribution in [1.29, 1.82) is 0 Å². The van der Waals surface area contributed by atoms with Gasteiger partial charge < -0.3 is 14.7 Å². The fraction of sp³-hybridized carbons (Fsp3) is 0.889. The highest BCUT2D eigenvalue weighted by atomic mass is 16.5. The zero-order chi connectivity index (χ0) is 9.84. The van der Waals surface area contributed by atoms with E-state index in [0.29, 0.717) is 25.9 Å². The van der Waals surface area contributed by atoms with Crippen molar-refractivity contribution >= 4 is 5.91 Å². The Morgan fingerprint density at radius 3 is 2.54 bits per heavy atom. The Morgan fingerprint density at radius 2 is 2.08 bits per heavy atom. The lowest BCUT2D eigenvalue weighted by molar-refractivity contribution is -0.142. The molecule has 1 aliphatic heterocycles. The molecular formula is C9H17NO3. The standard InChI is InChI=1S/C9H17NO3/c1-7(13-2)9(12)10-5-3-8(11)4-6-10/h7-8,11H,3-6H2,1-2H3. The maximum atomic E-state index is 11.6. The molecule has 0 saturated carbocycles. The number of nitrogens with zero attached hydrogens (tertiary/aromatic N) is 1. The topological polar surface area (TPSA) is 49.8 Å². The number of rotatable bonds is 2. The highest BCUT2D eigenvalue weighted by Gasteiger charge is 2.24. The summed E-state index contributed by atoms with van der Waals surface area (Å²) in [5.41, 5.74) is 0. The van der Waals surface area contributed by atoms with E-state index in [0.717, 1.165) is 0 Å². The van der Waals surface area contributed by atoms with Gasteiger partial charge in [-0.1, -0.05) is 0 Å². The lowest BCUT2D eigenvalue weighted by Gasteiger charge is -2.31. The molecule has 1 rings (SSSR count). The van der Waals surface area contributed by atoms with Gasteiger partial charge in [0.25, 0.3) is 5.91 Å². The van der Waals surface area contributed by atoms with E-state index in [1.54, 1.807) is 11.8 Å². The van der Waals surface area contributed by atoms with E-state index in [4.69, 9.17) is 4.74 Å². The second-order valence-electron chi connectivity index (χ2n) is 3.43. The molecule has 1 atom stereocenters. The summed E-state index contributed by atoms with van der Waals surface area (Å²) in [4.78, 5) is 13.3. The van der Waals surface area contributed by atoms with Gasteiger partial charge >= 0.3 is 0 Å². The van der Waals surface area contributed by atoms with E-state index in [2.05, 4.69) is 0 Å². The van der Waals surface area contributed by atoms with Crippen molar-refractivity contribution in [3.05, 3.63) is 0 Å². The van der Waals surface area contributed by atoms with Crippen molar-refractivity contribution in [3.8, 4) is 0 Å². The smallest absolute Gasteiger partial charge is 0.251 e. The lowest BCUT2D eigenvalue weighted by atomic mass is 10.1. The van der Waals surface area contributed by atoms with Crippen molar-refractivity contribution in [2.45, 2.75) is 32.0 Å². The molecule has 76 valence electrons. The number of aliphatic hydroxyl groups excluding tert-OH is 1. The number of methoxy groups -OCH3 is 1. The van der Waals surface area contributed by atoms with Gasteiger partial charge in [-0.15, -0.1) is 0 Å². The Morgan fingerprint density at radius 1 is 1.54 bits per heavy atom. The molecule has 0 radical (unpaired) electrons. The quantitative estimate of drug-likeness (QED) is 0.662. The molecule has 1 saturated heterocycles. The molecule has 0 bridgehead atoms. The van der Waals surface area contributed by atoms with Gasteiger partial charge in [-0.2, -0.15) is 0 Å². The normalized spacial score (nSPS) is 21.6. The predicted octanol–water partition coefficient (Wildman–Crippen LogP) is 0.00460. The summed E-state index contributed by atoms with van der Waals surface area (Å²) >= 11 is 0. The Hall–Kier alpha value is -0.610. The summed E-state index contributed by atoms with van der Waals surface area (Å²) in [7, 11) is 1.53. The van der Waals surface area contributed by atoms with E-state index in [1.807, 2.05) is 0 Å². The number of ether oxygens (including phenoxy) is 1. The van der Waals surface area contributed by atoms with Crippen LogP contribution >= 0.6 is 0 Å². The number of carbonyl (C=O) groups is 1. The highest BCUT2D eigenvalue weighted by molar-refractivity contribution is 5.80. The van der Waals surface area contributed by atoms with Crippen molar-refractivity contribution < 1.29 is 14.6 Å². The summed E-state index contributed by atoms with van der Waals surface area (Å²) in [6.07, 6.45) is 0.766. The number of hydrogen-bond acceptors (Lipinski definition) is 3. The van der Waals surface area contributed by atoms with Crippen LogP contribution in [0.15, 0.2) is 0 Å². The lowest BCUT2D eigenvalue weighted by Crippen LogP contribution is -2.44. The van der Waals surface area contributed by atoms with Gasteiger partial charge in [0.2, 0.25) is 0 Å². The molecule has 4 nitrogen and oxygen atoms in total. The number of amides is 1. The summed E-state index contributed by atoms with van der Waals surface area (Å²) in [6, 6.07) is 0. The van der Waals surface area contributed by atoms with Gasteiger partial charge in [-0.3, -0.25) is 4.79 Å². The molecule has 0 spiro atoms. The molecule has 1 aliphatic rings. The number of carbonyl (C=O) groups excluding carboxylic acids is 1. The SMILES string of the molecule is COC(C)C(=O)N1CCC(O)CC1. The molecule has 0 aliphatic carbocycles. The predicted molar refractivity (Wildman–Crippen MR) is 48.3 cm³/mol. The summed E-state index contributed by atoms with van der Waals surface area (Å²) in [5.74, 6) is 0.0226. The van der Waals surface area contributed by atoms with Gasteiger partial charge in [0, 0.05) is 20.2 Å². The Balaban J connectivity index is 2.40. The van der Waals surface area contributed by atoms with Gasteiger partial charge in [0.1, 0.15) is 6.10 Å². The average Bonchev–Trinajstić information content (AvgIpc) is 2.17. The Bertz CT molecular complexity index is 176. The van der Waals surface area contributed by atoms with Gasteiger partial charge in [-0.25, -0.2) is 0 Å². The molecule has 13 heavy (non-hydrogen) atoms. The average molecular weight is 187 g/mol. The van der Waals surface area contributed by atoms with E-state index in [1.165, 1.54) is 7.11 Å². The van der Waals surface area contributed by atoms with Crippen molar-refractivity contribution in [3.63, 3.8) is 0 Å². The second kappa shape index (κ2) is 4.58. The number of hydrogen-bond donors (Lipinski definition) is 1. The van der Waals surface area contributed by atoms with Crippen LogP contribution in [-0.4, -0.2) is 48.3 Å². The molecular weight excluding hydrogens is 170 g/mol. The first kappa shape index (κ1) is 10.5. The second-order valence-corrected chi connectivity index (χ2v) is 3.43. The monoisotopic (exact) mass is 187 g/mol. The third kappa shape index (κ3) is 2.67. The maximum Gasteiger partial charge on any atom is 0.251 e. The zero-order valence-corrected chi connectivity index (χ0v) is 8.19. The minimum absolute atomic E-state index is 0.0226. The molecule has 0 aromatic carbocycles. The Kier molecular flexibility index (Phi) is 3.69. The minimum atomic E-state index is -0.366. The van der Waals surface area contributed by atoms with Crippen LogP contribution in [0.4, 0.5) is 0 Å². The van der Waals surface area contributed by atoms with Crippen molar-refractivity contribution in [1.82, 2.24) is 4.90 Å².